The molecule has 2 rings (SSSR count). The first-order valence-electron chi connectivity index (χ1n) is 7.63. The molecule has 3 heteroatoms. The summed E-state index contributed by atoms with van der Waals surface area (Å²) in [5, 5.41) is 0. The summed E-state index contributed by atoms with van der Waals surface area (Å²) >= 11 is 0. The van der Waals surface area contributed by atoms with Gasteiger partial charge in [-0.3, -0.25) is 4.98 Å². The van der Waals surface area contributed by atoms with Gasteiger partial charge in [0.05, 0.1) is 0 Å². The van der Waals surface area contributed by atoms with E-state index in [4.69, 9.17) is 0 Å². The summed E-state index contributed by atoms with van der Waals surface area (Å²) in [6, 6.07) is 7.34. The van der Waals surface area contributed by atoms with Crippen molar-refractivity contribution < 1.29 is 4.39 Å². The molecule has 0 aliphatic heterocycles. The average Bonchev–Trinajstić information content (AvgIpc) is 2.40. The molecule has 0 saturated heterocycles. The van der Waals surface area contributed by atoms with Crippen molar-refractivity contribution in [2.45, 2.75) is 40.0 Å². The largest absolute Gasteiger partial charge is 0.261 e. The van der Waals surface area contributed by atoms with Crippen molar-refractivity contribution in [1.29, 1.82) is 0 Å². The SMILES string of the molecule is Bc1c(-c2ccnc(CC(C)C)c2)cc(F)cc1C(C)C. The molecule has 0 spiro atoms. The summed E-state index contributed by atoms with van der Waals surface area (Å²) in [4.78, 5) is 4.42. The van der Waals surface area contributed by atoms with Gasteiger partial charge >= 0.3 is 0 Å². The van der Waals surface area contributed by atoms with E-state index in [1.165, 1.54) is 0 Å². The minimum atomic E-state index is -0.165. The monoisotopic (exact) mass is 283 g/mol. The molecular formula is C18H23BFN. The molecule has 0 saturated carbocycles. The Bertz CT molecular complexity index is 635. The zero-order chi connectivity index (χ0) is 15.6. The third-order valence-electron chi connectivity index (χ3n) is 3.78. The van der Waals surface area contributed by atoms with Gasteiger partial charge < -0.3 is 0 Å². The van der Waals surface area contributed by atoms with Gasteiger partial charge in [-0.25, -0.2) is 4.39 Å². The van der Waals surface area contributed by atoms with Crippen LogP contribution in [0, 0.1) is 11.7 Å². The molecule has 110 valence electrons. The van der Waals surface area contributed by atoms with Crippen LogP contribution < -0.4 is 5.46 Å². The number of aromatic nitrogens is 1. The second kappa shape index (κ2) is 6.42. The average molecular weight is 283 g/mol. The molecule has 21 heavy (non-hydrogen) atoms. The maximum Gasteiger partial charge on any atom is 0.140 e. The van der Waals surface area contributed by atoms with Gasteiger partial charge in [0.2, 0.25) is 0 Å². The maximum atomic E-state index is 13.9. The maximum absolute atomic E-state index is 13.9. The number of nitrogens with zero attached hydrogens (tertiary/aromatic N) is 1. The molecule has 0 fully saturated rings. The molecule has 0 aliphatic carbocycles. The predicted octanol–water partition coefficient (Wildman–Crippen LogP) is 3.47. The zero-order valence-electron chi connectivity index (χ0n) is 13.6. The molecule has 0 unspecified atom stereocenters. The lowest BCUT2D eigenvalue weighted by molar-refractivity contribution is 0.624. The fourth-order valence-corrected chi connectivity index (χ4v) is 2.78. The Morgan fingerprint density at radius 1 is 1.14 bits per heavy atom. The van der Waals surface area contributed by atoms with Crippen LogP contribution in [0.2, 0.25) is 0 Å². The third kappa shape index (κ3) is 3.72. The number of hydrogen-bond donors (Lipinski definition) is 0. The number of halogens is 1. The molecule has 0 radical (unpaired) electrons. The van der Waals surface area contributed by atoms with Gasteiger partial charge in [-0.1, -0.05) is 33.2 Å². The molecule has 0 bridgehead atoms. The van der Waals surface area contributed by atoms with Crippen LogP contribution in [-0.4, -0.2) is 12.8 Å². The van der Waals surface area contributed by atoms with Crippen molar-refractivity contribution in [2.24, 2.45) is 5.92 Å². The van der Waals surface area contributed by atoms with Crippen LogP contribution in [-0.2, 0) is 6.42 Å². The first kappa shape index (κ1) is 15.7. The predicted molar refractivity (Wildman–Crippen MR) is 90.4 cm³/mol. The van der Waals surface area contributed by atoms with Gasteiger partial charge in [-0.15, -0.1) is 0 Å². The lowest BCUT2D eigenvalue weighted by atomic mass is 9.79. The molecule has 1 nitrogen and oxygen atoms in total. The van der Waals surface area contributed by atoms with Crippen molar-refractivity contribution in [1.82, 2.24) is 4.98 Å². The van der Waals surface area contributed by atoms with E-state index >= 15 is 0 Å². The second-order valence-corrected chi connectivity index (χ2v) is 6.46. The highest BCUT2D eigenvalue weighted by Crippen LogP contribution is 2.23. The van der Waals surface area contributed by atoms with Gasteiger partial charge in [0.15, 0.2) is 0 Å². The van der Waals surface area contributed by atoms with Crippen LogP contribution in [0.15, 0.2) is 30.5 Å². The van der Waals surface area contributed by atoms with E-state index < -0.39 is 0 Å². The molecule has 1 aromatic carbocycles. The fourth-order valence-electron chi connectivity index (χ4n) is 2.78. The van der Waals surface area contributed by atoms with Crippen LogP contribution in [0.1, 0.15) is 44.9 Å². The van der Waals surface area contributed by atoms with Gasteiger partial charge in [0.1, 0.15) is 13.7 Å². The number of pyridine rings is 1. The summed E-state index contributed by atoms with van der Waals surface area (Å²) in [6.07, 6.45) is 2.77. The highest BCUT2D eigenvalue weighted by molar-refractivity contribution is 6.37. The molecule has 1 aromatic heterocycles. The Morgan fingerprint density at radius 3 is 2.48 bits per heavy atom. The van der Waals surface area contributed by atoms with Crippen molar-refractivity contribution in [3.8, 4) is 11.1 Å². The molecule has 0 amide bonds. The molecule has 1 heterocycles. The highest BCUT2D eigenvalue weighted by atomic mass is 19.1. The molecule has 0 N–H and O–H groups in total. The van der Waals surface area contributed by atoms with E-state index in [-0.39, 0.29) is 5.82 Å². The smallest absolute Gasteiger partial charge is 0.140 e. The van der Waals surface area contributed by atoms with Gasteiger partial charge in [0, 0.05) is 11.9 Å². The molecule has 0 atom stereocenters. The normalized spacial score (nSPS) is 11.4. The Morgan fingerprint density at radius 2 is 1.86 bits per heavy atom. The third-order valence-corrected chi connectivity index (χ3v) is 3.78. The van der Waals surface area contributed by atoms with Crippen LogP contribution in [0.5, 0.6) is 0 Å². The van der Waals surface area contributed by atoms with Crippen molar-refractivity contribution in [2.75, 3.05) is 0 Å². The molecule has 2 aromatic rings. The summed E-state index contributed by atoms with van der Waals surface area (Å²) < 4.78 is 13.9. The standard InChI is InChI=1S/C18H23BFN/c1-11(2)7-15-8-13(5-6-21-15)17-10-14(20)9-16(12(3)4)18(17)19/h5-6,8-12H,7,19H2,1-4H3. The zero-order valence-corrected chi connectivity index (χ0v) is 13.6. The van der Waals surface area contributed by atoms with Crippen LogP contribution >= 0.6 is 0 Å². The van der Waals surface area contributed by atoms with E-state index in [1.807, 2.05) is 12.3 Å². The first-order chi connectivity index (χ1) is 9.88. The van der Waals surface area contributed by atoms with E-state index in [0.29, 0.717) is 11.8 Å². The van der Waals surface area contributed by atoms with Gasteiger partial charge in [-0.2, -0.15) is 0 Å². The first-order valence-corrected chi connectivity index (χ1v) is 7.63. The number of hydrogen-bond acceptors (Lipinski definition) is 1. The van der Waals surface area contributed by atoms with Crippen molar-refractivity contribution in [3.63, 3.8) is 0 Å². The number of rotatable bonds is 4. The molecule has 0 aliphatic rings. The van der Waals surface area contributed by atoms with E-state index in [2.05, 4.69) is 46.6 Å². The molecular weight excluding hydrogens is 260 g/mol. The van der Waals surface area contributed by atoms with E-state index in [9.17, 15) is 4.39 Å². The summed E-state index contributed by atoms with van der Waals surface area (Å²) in [5.74, 6) is 0.713. The van der Waals surface area contributed by atoms with Crippen LogP contribution in [0.4, 0.5) is 4.39 Å². The lowest BCUT2D eigenvalue weighted by Crippen LogP contribution is -2.16. The lowest BCUT2D eigenvalue weighted by Gasteiger charge is -2.16. The highest BCUT2D eigenvalue weighted by Gasteiger charge is 2.12. The second-order valence-electron chi connectivity index (χ2n) is 6.46. The Balaban J connectivity index is 2.51. The minimum absolute atomic E-state index is 0.165. The quantitative estimate of drug-likeness (QED) is 0.783. The van der Waals surface area contributed by atoms with E-state index in [1.54, 1.807) is 12.1 Å². The van der Waals surface area contributed by atoms with Gasteiger partial charge in [0.25, 0.3) is 0 Å². The Hall–Kier alpha value is -1.64. The summed E-state index contributed by atoms with van der Waals surface area (Å²) in [6.45, 7) is 8.56. The fraction of sp³-hybridized carbons (Fsp3) is 0.389. The summed E-state index contributed by atoms with van der Waals surface area (Å²) in [5.41, 5.74) is 5.34. The minimum Gasteiger partial charge on any atom is -0.261 e. The summed E-state index contributed by atoms with van der Waals surface area (Å²) in [7, 11) is 2.08. The van der Waals surface area contributed by atoms with E-state index in [0.717, 1.165) is 34.3 Å². The Labute approximate surface area is 128 Å². The van der Waals surface area contributed by atoms with Crippen LogP contribution in [0.25, 0.3) is 11.1 Å². The topological polar surface area (TPSA) is 12.9 Å². The van der Waals surface area contributed by atoms with Crippen molar-refractivity contribution in [3.05, 3.63) is 47.5 Å². The van der Waals surface area contributed by atoms with Crippen LogP contribution in [0.3, 0.4) is 0 Å². The van der Waals surface area contributed by atoms with Gasteiger partial charge in [-0.05, 0) is 59.2 Å². The Kier molecular flexibility index (Phi) is 4.82. The number of benzene rings is 1. The van der Waals surface area contributed by atoms with Crippen molar-refractivity contribution >= 4 is 13.3 Å².